The summed E-state index contributed by atoms with van der Waals surface area (Å²) in [5.74, 6) is 0. The lowest BCUT2D eigenvalue weighted by molar-refractivity contribution is -0.0248. The number of nitrogens with two attached hydrogens (primary N) is 1. The molecule has 64 valence electrons. The standard InChI is InChI=1S/C8H10N2O2/c9-6-1-2-10(8(11)3-6)7-4-12-5-7/h1-3,7H,4-5,9H2. The van der Waals surface area contributed by atoms with Gasteiger partial charge in [0.05, 0.1) is 19.3 Å². The molecule has 1 aliphatic rings. The van der Waals surface area contributed by atoms with E-state index in [1.54, 1.807) is 16.8 Å². The molecule has 12 heavy (non-hydrogen) atoms. The van der Waals surface area contributed by atoms with Crippen molar-refractivity contribution in [2.75, 3.05) is 18.9 Å². The molecule has 0 amide bonds. The normalized spacial score (nSPS) is 17.3. The SMILES string of the molecule is Nc1ccn(C2COC2)c(=O)c1. The Labute approximate surface area is 69.6 Å². The van der Waals surface area contributed by atoms with Crippen molar-refractivity contribution in [2.24, 2.45) is 0 Å². The molecule has 2 N–H and O–H groups in total. The molecular weight excluding hydrogens is 156 g/mol. The number of nitrogens with zero attached hydrogens (tertiary/aromatic N) is 1. The van der Waals surface area contributed by atoms with E-state index in [0.29, 0.717) is 18.9 Å². The highest BCUT2D eigenvalue weighted by molar-refractivity contribution is 5.34. The molecule has 1 fully saturated rings. The first-order valence-electron chi connectivity index (χ1n) is 3.83. The molecular formula is C8H10N2O2. The van der Waals surface area contributed by atoms with Crippen molar-refractivity contribution in [3.63, 3.8) is 0 Å². The fraction of sp³-hybridized carbons (Fsp3) is 0.375. The predicted molar refractivity (Wildman–Crippen MR) is 45.0 cm³/mol. The Kier molecular flexibility index (Phi) is 1.62. The molecule has 1 aromatic rings. The Morgan fingerprint density at radius 1 is 1.58 bits per heavy atom. The molecule has 0 saturated carbocycles. The molecule has 0 radical (unpaired) electrons. The van der Waals surface area contributed by atoms with E-state index in [1.807, 2.05) is 0 Å². The lowest BCUT2D eigenvalue weighted by Crippen LogP contribution is -2.36. The van der Waals surface area contributed by atoms with E-state index in [-0.39, 0.29) is 11.6 Å². The van der Waals surface area contributed by atoms with Crippen LogP contribution in [0.5, 0.6) is 0 Å². The lowest BCUT2D eigenvalue weighted by atomic mass is 10.2. The van der Waals surface area contributed by atoms with Gasteiger partial charge in [-0.2, -0.15) is 0 Å². The minimum atomic E-state index is -0.0525. The van der Waals surface area contributed by atoms with Crippen LogP contribution in [0.1, 0.15) is 6.04 Å². The van der Waals surface area contributed by atoms with Gasteiger partial charge in [-0.3, -0.25) is 4.79 Å². The summed E-state index contributed by atoms with van der Waals surface area (Å²) in [6.45, 7) is 1.26. The van der Waals surface area contributed by atoms with Crippen LogP contribution < -0.4 is 11.3 Å². The van der Waals surface area contributed by atoms with Gasteiger partial charge >= 0.3 is 0 Å². The molecule has 4 heteroatoms. The van der Waals surface area contributed by atoms with Gasteiger partial charge in [0.2, 0.25) is 0 Å². The fourth-order valence-corrected chi connectivity index (χ4v) is 1.19. The van der Waals surface area contributed by atoms with Gasteiger partial charge < -0.3 is 15.0 Å². The first-order chi connectivity index (χ1) is 5.77. The maximum Gasteiger partial charge on any atom is 0.252 e. The van der Waals surface area contributed by atoms with Crippen LogP contribution >= 0.6 is 0 Å². The van der Waals surface area contributed by atoms with Crippen LogP contribution in [-0.2, 0) is 4.74 Å². The predicted octanol–water partition coefficient (Wildman–Crippen LogP) is 0.00180. The first kappa shape index (κ1) is 7.36. The molecule has 0 aromatic carbocycles. The molecule has 1 aromatic heterocycles. The summed E-state index contributed by atoms with van der Waals surface area (Å²) in [5.41, 5.74) is 5.90. The van der Waals surface area contributed by atoms with Crippen LogP contribution in [-0.4, -0.2) is 17.8 Å². The van der Waals surface area contributed by atoms with Crippen molar-refractivity contribution >= 4 is 5.69 Å². The zero-order valence-electron chi connectivity index (χ0n) is 6.56. The summed E-state index contributed by atoms with van der Waals surface area (Å²) in [4.78, 5) is 11.3. The Morgan fingerprint density at radius 2 is 2.33 bits per heavy atom. The van der Waals surface area contributed by atoms with Crippen LogP contribution in [0, 0.1) is 0 Å². The van der Waals surface area contributed by atoms with E-state index < -0.39 is 0 Å². The van der Waals surface area contributed by atoms with E-state index in [4.69, 9.17) is 10.5 Å². The Morgan fingerprint density at radius 3 is 2.83 bits per heavy atom. The molecule has 0 aliphatic carbocycles. The van der Waals surface area contributed by atoms with Gasteiger partial charge in [0.1, 0.15) is 0 Å². The van der Waals surface area contributed by atoms with Crippen LogP contribution in [0.2, 0.25) is 0 Å². The highest BCUT2D eigenvalue weighted by atomic mass is 16.5. The highest BCUT2D eigenvalue weighted by Crippen LogP contribution is 2.14. The quantitative estimate of drug-likeness (QED) is 0.639. The summed E-state index contributed by atoms with van der Waals surface area (Å²) in [7, 11) is 0. The topological polar surface area (TPSA) is 57.2 Å². The number of rotatable bonds is 1. The second kappa shape index (κ2) is 2.64. The second-order valence-corrected chi connectivity index (χ2v) is 2.90. The molecule has 0 unspecified atom stereocenters. The maximum absolute atomic E-state index is 11.3. The van der Waals surface area contributed by atoms with Gasteiger partial charge in [0.25, 0.3) is 5.56 Å². The largest absolute Gasteiger partial charge is 0.399 e. The summed E-state index contributed by atoms with van der Waals surface area (Å²) in [5, 5.41) is 0. The highest BCUT2D eigenvalue weighted by Gasteiger charge is 2.20. The third-order valence-corrected chi connectivity index (χ3v) is 1.99. The number of ether oxygens (including phenoxy) is 1. The molecule has 0 spiro atoms. The minimum Gasteiger partial charge on any atom is -0.399 e. The van der Waals surface area contributed by atoms with Crippen molar-refractivity contribution < 1.29 is 4.74 Å². The monoisotopic (exact) mass is 166 g/mol. The number of hydrogen-bond donors (Lipinski definition) is 1. The molecule has 2 heterocycles. The van der Waals surface area contributed by atoms with Gasteiger partial charge in [0, 0.05) is 18.0 Å². The van der Waals surface area contributed by atoms with Crippen LogP contribution in [0.15, 0.2) is 23.1 Å². The van der Waals surface area contributed by atoms with E-state index >= 15 is 0 Å². The van der Waals surface area contributed by atoms with Crippen molar-refractivity contribution in [2.45, 2.75) is 6.04 Å². The zero-order valence-corrected chi connectivity index (χ0v) is 6.56. The number of aromatic nitrogens is 1. The molecule has 1 aliphatic heterocycles. The molecule has 4 nitrogen and oxygen atoms in total. The lowest BCUT2D eigenvalue weighted by Gasteiger charge is -2.27. The van der Waals surface area contributed by atoms with Crippen molar-refractivity contribution in [3.05, 3.63) is 28.7 Å². The maximum atomic E-state index is 11.3. The summed E-state index contributed by atoms with van der Waals surface area (Å²) < 4.78 is 6.64. The molecule has 1 saturated heterocycles. The van der Waals surface area contributed by atoms with Crippen LogP contribution in [0.3, 0.4) is 0 Å². The van der Waals surface area contributed by atoms with E-state index in [2.05, 4.69) is 0 Å². The minimum absolute atomic E-state index is 0.0525. The Bertz CT molecular complexity index is 341. The second-order valence-electron chi connectivity index (χ2n) is 2.90. The average Bonchev–Trinajstić information content (AvgIpc) is 1.91. The van der Waals surface area contributed by atoms with Gasteiger partial charge in [-0.15, -0.1) is 0 Å². The van der Waals surface area contributed by atoms with E-state index in [0.717, 1.165) is 0 Å². The molecule has 0 atom stereocenters. The van der Waals surface area contributed by atoms with Gasteiger partial charge in [-0.05, 0) is 6.07 Å². The summed E-state index contributed by atoms with van der Waals surface area (Å²) in [6.07, 6.45) is 1.71. The number of hydrogen-bond acceptors (Lipinski definition) is 3. The molecule has 0 bridgehead atoms. The van der Waals surface area contributed by atoms with Gasteiger partial charge in [-0.1, -0.05) is 0 Å². The van der Waals surface area contributed by atoms with Crippen molar-refractivity contribution in [1.82, 2.24) is 4.57 Å². The Balaban J connectivity index is 2.37. The Hall–Kier alpha value is -1.29. The zero-order chi connectivity index (χ0) is 8.55. The fourth-order valence-electron chi connectivity index (χ4n) is 1.19. The third-order valence-electron chi connectivity index (χ3n) is 1.99. The summed E-state index contributed by atoms with van der Waals surface area (Å²) in [6, 6.07) is 3.36. The number of pyridine rings is 1. The van der Waals surface area contributed by atoms with Gasteiger partial charge in [-0.25, -0.2) is 0 Å². The van der Waals surface area contributed by atoms with Crippen molar-refractivity contribution in [3.8, 4) is 0 Å². The van der Waals surface area contributed by atoms with E-state index in [9.17, 15) is 4.79 Å². The average molecular weight is 166 g/mol. The first-order valence-corrected chi connectivity index (χ1v) is 3.83. The van der Waals surface area contributed by atoms with Crippen LogP contribution in [0.25, 0.3) is 0 Å². The van der Waals surface area contributed by atoms with Crippen molar-refractivity contribution in [1.29, 1.82) is 0 Å². The van der Waals surface area contributed by atoms with Gasteiger partial charge in [0.15, 0.2) is 0 Å². The summed E-state index contributed by atoms with van der Waals surface area (Å²) >= 11 is 0. The molecule has 2 rings (SSSR count). The third kappa shape index (κ3) is 1.10. The van der Waals surface area contributed by atoms with Crippen LogP contribution in [0.4, 0.5) is 5.69 Å². The number of anilines is 1. The van der Waals surface area contributed by atoms with E-state index in [1.165, 1.54) is 6.07 Å². The smallest absolute Gasteiger partial charge is 0.252 e. The number of nitrogen functional groups attached to an aromatic ring is 1.